The van der Waals surface area contributed by atoms with Crippen molar-refractivity contribution in [3.05, 3.63) is 34.9 Å². The highest BCUT2D eigenvalue weighted by atomic mass is 16.6. The Hall–Kier alpha value is -1.48. The Bertz CT molecular complexity index is 689. The summed E-state index contributed by atoms with van der Waals surface area (Å²) in [6.07, 6.45) is 7.35. The molecule has 2 unspecified atom stereocenters. The van der Waals surface area contributed by atoms with Crippen molar-refractivity contribution in [3.8, 4) is 11.5 Å². The molecule has 130 valence electrons. The second kappa shape index (κ2) is 5.52. The lowest BCUT2D eigenvalue weighted by Gasteiger charge is -2.45. The van der Waals surface area contributed by atoms with Crippen molar-refractivity contribution in [2.24, 2.45) is 5.92 Å². The number of aromatic hydroxyl groups is 1. The lowest BCUT2D eigenvalue weighted by Crippen LogP contribution is -2.48. The van der Waals surface area contributed by atoms with Gasteiger partial charge in [0.15, 0.2) is 0 Å². The molecule has 4 rings (SSSR count). The van der Waals surface area contributed by atoms with E-state index in [2.05, 4.69) is 39.8 Å². The largest absolute Gasteiger partial charge is 0.507 e. The molecule has 4 atom stereocenters. The fourth-order valence-electron chi connectivity index (χ4n) is 4.70. The van der Waals surface area contributed by atoms with Crippen molar-refractivity contribution in [2.75, 3.05) is 0 Å². The summed E-state index contributed by atoms with van der Waals surface area (Å²) in [5.74, 6) is 1.68. The number of aryl methyl sites for hydroxylation is 1. The first-order valence-electron chi connectivity index (χ1n) is 9.31. The molecule has 3 nitrogen and oxygen atoms in total. The first-order chi connectivity index (χ1) is 11.4. The second-order valence-corrected chi connectivity index (χ2v) is 8.17. The van der Waals surface area contributed by atoms with Gasteiger partial charge in [-0.25, -0.2) is 0 Å². The Labute approximate surface area is 144 Å². The number of hydrogen-bond acceptors (Lipinski definition) is 3. The Morgan fingerprint density at radius 1 is 1.21 bits per heavy atom. The van der Waals surface area contributed by atoms with Gasteiger partial charge in [-0.2, -0.15) is 0 Å². The van der Waals surface area contributed by atoms with Crippen molar-refractivity contribution in [2.45, 2.75) is 77.1 Å². The number of phenolic OH excluding ortho intramolecular Hbond substituents is 1. The molecule has 1 aliphatic carbocycles. The van der Waals surface area contributed by atoms with E-state index in [-0.39, 0.29) is 29.6 Å². The fraction of sp³-hybridized carbons (Fsp3) is 0.619. The summed E-state index contributed by atoms with van der Waals surface area (Å²) in [7, 11) is 0. The summed E-state index contributed by atoms with van der Waals surface area (Å²) in [6, 6.07) is 4.09. The van der Waals surface area contributed by atoms with Crippen LogP contribution >= 0.6 is 0 Å². The number of epoxide rings is 1. The van der Waals surface area contributed by atoms with Crippen LogP contribution < -0.4 is 4.74 Å². The Balaban J connectivity index is 1.73. The first-order valence-corrected chi connectivity index (χ1v) is 9.31. The number of unbranched alkanes of at least 4 members (excludes halogenated alkanes) is 2. The van der Waals surface area contributed by atoms with E-state index in [9.17, 15) is 5.11 Å². The van der Waals surface area contributed by atoms with E-state index >= 15 is 0 Å². The third-order valence-corrected chi connectivity index (χ3v) is 5.92. The lowest BCUT2D eigenvalue weighted by atomic mass is 9.68. The molecule has 3 aliphatic rings. The Morgan fingerprint density at radius 2 is 2.00 bits per heavy atom. The Morgan fingerprint density at radius 3 is 2.75 bits per heavy atom. The number of phenols is 1. The van der Waals surface area contributed by atoms with E-state index in [1.165, 1.54) is 24.0 Å². The normalized spacial score (nSPS) is 32.1. The zero-order chi connectivity index (χ0) is 17.1. The van der Waals surface area contributed by atoms with Crippen molar-refractivity contribution in [1.29, 1.82) is 0 Å². The second-order valence-electron chi connectivity index (χ2n) is 8.17. The summed E-state index contributed by atoms with van der Waals surface area (Å²) in [5, 5.41) is 10.7. The number of ether oxygens (including phenoxy) is 2. The van der Waals surface area contributed by atoms with Gasteiger partial charge in [-0.3, -0.25) is 0 Å². The number of allylic oxidation sites excluding steroid dienone is 1. The van der Waals surface area contributed by atoms with Gasteiger partial charge in [0.05, 0.1) is 6.10 Å². The lowest BCUT2D eigenvalue weighted by molar-refractivity contribution is 0.00352. The highest BCUT2D eigenvalue weighted by Gasteiger charge is 2.60. The van der Waals surface area contributed by atoms with Crippen LogP contribution in [0.4, 0.5) is 0 Å². The summed E-state index contributed by atoms with van der Waals surface area (Å²) in [4.78, 5) is 0. The standard InChI is InChI=1S/C21H28O3/c1-5-6-7-8-13-10-15(22)17-14-9-12(2)19-20(23-19)18(14)21(3,4)24-16(17)11-13/h9-11,14,18-20,22H,5-8H2,1-4H3/t14-,18-,19?,20?/m0/s1. The van der Waals surface area contributed by atoms with Gasteiger partial charge in [0.1, 0.15) is 23.2 Å². The van der Waals surface area contributed by atoms with Gasteiger partial charge < -0.3 is 14.6 Å². The highest BCUT2D eigenvalue weighted by Crippen LogP contribution is 2.58. The van der Waals surface area contributed by atoms with Crippen LogP contribution in [-0.4, -0.2) is 22.9 Å². The van der Waals surface area contributed by atoms with Crippen molar-refractivity contribution in [1.82, 2.24) is 0 Å². The molecule has 0 amide bonds. The summed E-state index contributed by atoms with van der Waals surface area (Å²) >= 11 is 0. The van der Waals surface area contributed by atoms with Crippen LogP contribution in [0.3, 0.4) is 0 Å². The predicted octanol–water partition coefficient (Wildman–Crippen LogP) is 4.72. The molecule has 0 aromatic heterocycles. The molecule has 0 spiro atoms. The van der Waals surface area contributed by atoms with Crippen LogP contribution in [0.15, 0.2) is 23.8 Å². The average Bonchev–Trinajstić information content (AvgIpc) is 3.26. The first kappa shape index (κ1) is 16.0. The minimum absolute atomic E-state index is 0.178. The fourth-order valence-corrected chi connectivity index (χ4v) is 4.70. The molecule has 24 heavy (non-hydrogen) atoms. The maximum absolute atomic E-state index is 10.7. The van der Waals surface area contributed by atoms with Crippen LogP contribution in [0.5, 0.6) is 11.5 Å². The summed E-state index contributed by atoms with van der Waals surface area (Å²) in [5.41, 5.74) is 3.12. The molecule has 1 N–H and O–H groups in total. The van der Waals surface area contributed by atoms with Gasteiger partial charge in [-0.05, 0) is 56.9 Å². The monoisotopic (exact) mass is 328 g/mol. The van der Waals surface area contributed by atoms with Crippen molar-refractivity contribution < 1.29 is 14.6 Å². The van der Waals surface area contributed by atoms with E-state index in [4.69, 9.17) is 9.47 Å². The van der Waals surface area contributed by atoms with Crippen LogP contribution in [-0.2, 0) is 11.2 Å². The van der Waals surface area contributed by atoms with Gasteiger partial charge in [0, 0.05) is 17.4 Å². The molecule has 0 saturated carbocycles. The predicted molar refractivity (Wildman–Crippen MR) is 94.7 cm³/mol. The van der Waals surface area contributed by atoms with E-state index < -0.39 is 0 Å². The SMILES string of the molecule is CCCCCc1cc(O)c2c(c1)OC(C)(C)[C@@H]1C3OC3C(C)=C[C@@H]21. The maximum atomic E-state index is 10.7. The third kappa shape index (κ3) is 2.45. The summed E-state index contributed by atoms with van der Waals surface area (Å²) < 4.78 is 12.3. The number of rotatable bonds is 4. The van der Waals surface area contributed by atoms with Crippen molar-refractivity contribution in [3.63, 3.8) is 0 Å². The van der Waals surface area contributed by atoms with E-state index in [0.717, 1.165) is 24.2 Å². The number of benzene rings is 1. The van der Waals surface area contributed by atoms with Gasteiger partial charge >= 0.3 is 0 Å². The zero-order valence-electron chi connectivity index (χ0n) is 15.1. The minimum Gasteiger partial charge on any atom is -0.507 e. The molecular formula is C21H28O3. The molecule has 0 radical (unpaired) electrons. The topological polar surface area (TPSA) is 42.0 Å². The quantitative estimate of drug-likeness (QED) is 0.494. The average molecular weight is 328 g/mol. The van der Waals surface area contributed by atoms with Crippen LogP contribution in [0.2, 0.25) is 0 Å². The van der Waals surface area contributed by atoms with Gasteiger partial charge in [0.25, 0.3) is 0 Å². The molecule has 1 saturated heterocycles. The van der Waals surface area contributed by atoms with E-state index in [0.29, 0.717) is 5.75 Å². The van der Waals surface area contributed by atoms with Crippen LogP contribution in [0.1, 0.15) is 64.0 Å². The zero-order valence-corrected chi connectivity index (χ0v) is 15.1. The Kier molecular flexibility index (Phi) is 3.68. The van der Waals surface area contributed by atoms with Crippen molar-refractivity contribution >= 4 is 0 Å². The molecule has 1 aromatic rings. The van der Waals surface area contributed by atoms with Gasteiger partial charge in [-0.1, -0.05) is 25.8 Å². The summed E-state index contributed by atoms with van der Waals surface area (Å²) in [6.45, 7) is 8.66. The van der Waals surface area contributed by atoms with Crippen LogP contribution in [0.25, 0.3) is 0 Å². The van der Waals surface area contributed by atoms with E-state index in [1.54, 1.807) is 0 Å². The molecule has 1 aromatic carbocycles. The maximum Gasteiger partial charge on any atom is 0.127 e. The van der Waals surface area contributed by atoms with E-state index in [1.807, 2.05) is 6.07 Å². The molecule has 2 aliphatic heterocycles. The molecule has 2 heterocycles. The molecule has 0 bridgehead atoms. The molecule has 3 heteroatoms. The van der Waals surface area contributed by atoms with Crippen LogP contribution in [0, 0.1) is 5.92 Å². The third-order valence-electron chi connectivity index (χ3n) is 5.92. The molecule has 1 fully saturated rings. The smallest absolute Gasteiger partial charge is 0.127 e. The minimum atomic E-state index is -0.289. The number of fused-ring (bicyclic) bond motifs is 5. The number of hydrogen-bond donors (Lipinski definition) is 1. The van der Waals surface area contributed by atoms with Gasteiger partial charge in [-0.15, -0.1) is 0 Å². The van der Waals surface area contributed by atoms with Gasteiger partial charge in [0.2, 0.25) is 0 Å². The molecular weight excluding hydrogens is 300 g/mol. The highest BCUT2D eigenvalue weighted by molar-refractivity contribution is 5.55.